The molecule has 4 heterocycles. The van der Waals surface area contributed by atoms with Crippen LogP contribution in [0.4, 0.5) is 5.82 Å². The highest BCUT2D eigenvalue weighted by atomic mass is 16.5. The first-order valence-corrected chi connectivity index (χ1v) is 11.0. The van der Waals surface area contributed by atoms with E-state index in [4.69, 9.17) is 4.74 Å². The summed E-state index contributed by atoms with van der Waals surface area (Å²) in [7, 11) is 0. The van der Waals surface area contributed by atoms with Gasteiger partial charge < -0.3 is 24.4 Å². The minimum Gasteiger partial charge on any atom is -0.378 e. The second-order valence-corrected chi connectivity index (χ2v) is 8.12. The Morgan fingerprint density at radius 1 is 1.19 bits per heavy atom. The Balaban J connectivity index is 1.28. The molecule has 9 heteroatoms. The lowest BCUT2D eigenvalue weighted by Gasteiger charge is -2.33. The van der Waals surface area contributed by atoms with Gasteiger partial charge in [0.05, 0.1) is 19.5 Å². The molecule has 0 bridgehead atoms. The van der Waals surface area contributed by atoms with Crippen LogP contribution in [0, 0.1) is 5.92 Å². The number of likely N-dealkylation sites (tertiary alicyclic amines) is 1. The van der Waals surface area contributed by atoms with Gasteiger partial charge in [0.25, 0.3) is 5.91 Å². The first-order valence-electron chi connectivity index (χ1n) is 11.0. The van der Waals surface area contributed by atoms with Crippen LogP contribution in [0.2, 0.25) is 0 Å². The molecule has 0 saturated carbocycles. The van der Waals surface area contributed by atoms with Gasteiger partial charge in [0.2, 0.25) is 5.91 Å². The Bertz CT molecular complexity index is 866. The highest BCUT2D eigenvalue weighted by Crippen LogP contribution is 2.22. The molecular weight excluding hydrogens is 396 g/mol. The average molecular weight is 427 g/mol. The van der Waals surface area contributed by atoms with Crippen molar-refractivity contribution in [3.8, 4) is 0 Å². The minimum absolute atomic E-state index is 0.0159. The van der Waals surface area contributed by atoms with Crippen molar-refractivity contribution < 1.29 is 14.3 Å². The highest BCUT2D eigenvalue weighted by Gasteiger charge is 2.26. The van der Waals surface area contributed by atoms with Gasteiger partial charge >= 0.3 is 0 Å². The molecule has 2 aliphatic rings. The molecule has 9 nitrogen and oxygen atoms in total. The van der Waals surface area contributed by atoms with Crippen LogP contribution in [0.3, 0.4) is 0 Å². The van der Waals surface area contributed by atoms with Gasteiger partial charge in [0.15, 0.2) is 0 Å². The van der Waals surface area contributed by atoms with Gasteiger partial charge in [-0.2, -0.15) is 0 Å². The van der Waals surface area contributed by atoms with Crippen molar-refractivity contribution in [3.63, 3.8) is 0 Å². The molecule has 166 valence electrons. The third-order valence-corrected chi connectivity index (χ3v) is 5.86. The topological polar surface area (TPSA) is 92.6 Å². The number of ether oxygens (including phenoxy) is 1. The second-order valence-electron chi connectivity index (χ2n) is 8.12. The number of nitrogens with zero attached hydrogens (tertiary/aromatic N) is 5. The summed E-state index contributed by atoms with van der Waals surface area (Å²) < 4.78 is 7.33. The van der Waals surface area contributed by atoms with Crippen LogP contribution in [0.15, 0.2) is 37.1 Å². The van der Waals surface area contributed by atoms with Gasteiger partial charge in [-0.1, -0.05) is 0 Å². The molecule has 0 radical (unpaired) electrons. The molecule has 2 aromatic heterocycles. The first kappa shape index (κ1) is 21.3. The summed E-state index contributed by atoms with van der Waals surface area (Å²) in [5, 5.41) is 2.97. The van der Waals surface area contributed by atoms with Crippen molar-refractivity contribution in [3.05, 3.63) is 42.6 Å². The van der Waals surface area contributed by atoms with Gasteiger partial charge in [0.1, 0.15) is 5.82 Å². The van der Waals surface area contributed by atoms with E-state index in [0.717, 1.165) is 38.3 Å². The number of carbonyl (C=O) groups is 2. The molecule has 0 aromatic carbocycles. The standard InChI is InChI=1S/C22H30N6O3/c29-21(25-6-9-26-8-5-23-17-26)14-18-2-1-7-28(16-18)22(30)19-3-4-24-20(15-19)27-10-12-31-13-11-27/h3-5,8,15,17-18H,1-2,6-7,9-14,16H2,(H,25,29). The number of rotatable bonds is 7. The van der Waals surface area contributed by atoms with Crippen molar-refractivity contribution in [1.82, 2.24) is 24.8 Å². The molecule has 31 heavy (non-hydrogen) atoms. The van der Waals surface area contributed by atoms with E-state index in [0.29, 0.717) is 44.8 Å². The van der Waals surface area contributed by atoms with Crippen molar-refractivity contribution in [2.75, 3.05) is 50.8 Å². The molecule has 2 amide bonds. The predicted octanol–water partition coefficient (Wildman–Crippen LogP) is 1.17. The number of piperidine rings is 1. The number of anilines is 1. The molecule has 2 saturated heterocycles. The lowest BCUT2D eigenvalue weighted by atomic mass is 9.94. The maximum absolute atomic E-state index is 13.1. The van der Waals surface area contributed by atoms with Crippen molar-refractivity contribution in [2.45, 2.75) is 25.8 Å². The zero-order valence-electron chi connectivity index (χ0n) is 17.8. The fourth-order valence-corrected chi connectivity index (χ4v) is 4.19. The van der Waals surface area contributed by atoms with Crippen LogP contribution in [0.25, 0.3) is 0 Å². The molecule has 1 atom stereocenters. The largest absolute Gasteiger partial charge is 0.378 e. The molecule has 1 N–H and O–H groups in total. The third kappa shape index (κ3) is 5.81. The number of aromatic nitrogens is 3. The Morgan fingerprint density at radius 3 is 2.87 bits per heavy atom. The summed E-state index contributed by atoms with van der Waals surface area (Å²) >= 11 is 0. The van der Waals surface area contributed by atoms with E-state index in [1.54, 1.807) is 24.8 Å². The van der Waals surface area contributed by atoms with E-state index in [-0.39, 0.29) is 17.7 Å². The van der Waals surface area contributed by atoms with Gasteiger partial charge in [-0.3, -0.25) is 9.59 Å². The van der Waals surface area contributed by atoms with Gasteiger partial charge in [-0.25, -0.2) is 9.97 Å². The third-order valence-electron chi connectivity index (χ3n) is 5.86. The number of hydrogen-bond acceptors (Lipinski definition) is 6. The summed E-state index contributed by atoms with van der Waals surface area (Å²) in [5.74, 6) is 1.06. The molecule has 0 aliphatic carbocycles. The van der Waals surface area contributed by atoms with E-state index in [9.17, 15) is 9.59 Å². The quantitative estimate of drug-likeness (QED) is 0.715. The molecule has 2 aliphatic heterocycles. The monoisotopic (exact) mass is 426 g/mol. The van der Waals surface area contributed by atoms with Crippen LogP contribution in [0.1, 0.15) is 29.6 Å². The summed E-state index contributed by atoms with van der Waals surface area (Å²) in [6.07, 6.45) is 9.37. The fraction of sp³-hybridized carbons (Fsp3) is 0.545. The average Bonchev–Trinajstić information content (AvgIpc) is 3.33. The van der Waals surface area contributed by atoms with E-state index >= 15 is 0 Å². The van der Waals surface area contributed by atoms with Gasteiger partial charge in [-0.15, -0.1) is 0 Å². The Hall–Kier alpha value is -2.94. The van der Waals surface area contributed by atoms with Gasteiger partial charge in [0, 0.05) is 69.8 Å². The predicted molar refractivity (Wildman–Crippen MR) is 116 cm³/mol. The van der Waals surface area contributed by atoms with Crippen LogP contribution >= 0.6 is 0 Å². The second kappa shape index (κ2) is 10.4. The van der Waals surface area contributed by atoms with Crippen LogP contribution < -0.4 is 10.2 Å². The summed E-state index contributed by atoms with van der Waals surface area (Å²) in [5.41, 5.74) is 0.655. The highest BCUT2D eigenvalue weighted by molar-refractivity contribution is 5.95. The number of pyridine rings is 1. The maximum Gasteiger partial charge on any atom is 0.254 e. The smallest absolute Gasteiger partial charge is 0.254 e. The van der Waals surface area contributed by atoms with E-state index in [2.05, 4.69) is 20.2 Å². The van der Waals surface area contributed by atoms with Crippen LogP contribution in [-0.2, 0) is 16.1 Å². The molecule has 2 aromatic rings. The van der Waals surface area contributed by atoms with Gasteiger partial charge in [-0.05, 0) is 30.9 Å². The number of morpholine rings is 1. The molecule has 1 unspecified atom stereocenters. The summed E-state index contributed by atoms with van der Waals surface area (Å²) in [6.45, 7) is 5.55. The number of hydrogen-bond donors (Lipinski definition) is 1. The van der Waals surface area contributed by atoms with E-state index < -0.39 is 0 Å². The maximum atomic E-state index is 13.1. The molecule has 2 fully saturated rings. The SMILES string of the molecule is O=C(CC1CCCN(C(=O)c2ccnc(N3CCOCC3)c2)C1)NCCn1ccnc1. The Morgan fingerprint density at radius 2 is 2.06 bits per heavy atom. The van der Waals surface area contributed by atoms with E-state index in [1.807, 2.05) is 21.7 Å². The number of imidazole rings is 1. The fourth-order valence-electron chi connectivity index (χ4n) is 4.19. The van der Waals surface area contributed by atoms with Crippen molar-refractivity contribution in [2.24, 2.45) is 5.92 Å². The van der Waals surface area contributed by atoms with E-state index in [1.165, 1.54) is 0 Å². The normalized spacial score (nSPS) is 19.3. The van der Waals surface area contributed by atoms with Crippen LogP contribution in [0.5, 0.6) is 0 Å². The Labute approximate surface area is 182 Å². The van der Waals surface area contributed by atoms with Crippen molar-refractivity contribution in [1.29, 1.82) is 0 Å². The summed E-state index contributed by atoms with van der Waals surface area (Å²) in [6, 6.07) is 3.65. The molecule has 4 rings (SSSR count). The number of amides is 2. The molecule has 0 spiro atoms. The zero-order valence-corrected chi connectivity index (χ0v) is 17.8. The lowest BCUT2D eigenvalue weighted by Crippen LogP contribution is -2.42. The number of carbonyl (C=O) groups excluding carboxylic acids is 2. The minimum atomic E-state index is 0.0159. The molecular formula is C22H30N6O3. The first-order chi connectivity index (χ1) is 15.2. The van der Waals surface area contributed by atoms with Crippen LogP contribution in [-0.4, -0.2) is 77.2 Å². The Kier molecular flexibility index (Phi) is 7.14. The summed E-state index contributed by atoms with van der Waals surface area (Å²) in [4.78, 5) is 37.9. The van der Waals surface area contributed by atoms with Crippen molar-refractivity contribution >= 4 is 17.6 Å². The lowest BCUT2D eigenvalue weighted by molar-refractivity contribution is -0.122. The number of nitrogens with one attached hydrogen (secondary N) is 1. The zero-order chi connectivity index (χ0) is 21.5.